The van der Waals surface area contributed by atoms with Crippen LogP contribution in [0.5, 0.6) is 0 Å². The Morgan fingerprint density at radius 2 is 1.84 bits per heavy atom. The number of nitrogens with one attached hydrogen (secondary N) is 2. The number of piperidine rings is 1. The summed E-state index contributed by atoms with van der Waals surface area (Å²) in [4.78, 5) is 21.8. The topological polar surface area (TPSA) is 85.1 Å². The van der Waals surface area contributed by atoms with Gasteiger partial charge in [-0.1, -0.05) is 6.92 Å². The smallest absolute Gasteiger partial charge is 0.273 e. The molecule has 172 valence electrons. The van der Waals surface area contributed by atoms with Crippen molar-refractivity contribution in [1.82, 2.24) is 9.47 Å². The molecular formula is C24H34N6O2. The Bertz CT molecular complexity index is 994. The summed E-state index contributed by atoms with van der Waals surface area (Å²) < 4.78 is 1.56. The lowest BCUT2D eigenvalue weighted by Crippen LogP contribution is -2.47. The highest BCUT2D eigenvalue weighted by Crippen LogP contribution is 2.25. The molecule has 2 aromatic rings. The van der Waals surface area contributed by atoms with Crippen molar-refractivity contribution in [2.75, 3.05) is 48.8 Å². The molecule has 1 aromatic carbocycles. The number of aromatic nitrogens is 1. The minimum absolute atomic E-state index is 0.0653. The summed E-state index contributed by atoms with van der Waals surface area (Å²) in [6, 6.07) is 12.1. The van der Waals surface area contributed by atoms with E-state index in [4.69, 9.17) is 4.99 Å². The fourth-order valence-electron chi connectivity index (χ4n) is 4.40. The Morgan fingerprint density at radius 3 is 2.53 bits per heavy atom. The SMILES string of the molecule is CC1CN(C)C(Nc2ccc(N3CCC(CO)CC3)cc2)N=C1Nc1cccn(C)c1=O. The molecule has 1 aromatic heterocycles. The quantitative estimate of drug-likeness (QED) is 0.665. The molecular weight excluding hydrogens is 404 g/mol. The Morgan fingerprint density at radius 1 is 1.12 bits per heavy atom. The van der Waals surface area contributed by atoms with Crippen LogP contribution < -0.4 is 21.1 Å². The first-order valence-electron chi connectivity index (χ1n) is 11.4. The van der Waals surface area contributed by atoms with Crippen molar-refractivity contribution < 1.29 is 5.11 Å². The van der Waals surface area contributed by atoms with Gasteiger partial charge in [-0.05, 0) is 62.2 Å². The lowest BCUT2D eigenvalue weighted by atomic mass is 9.97. The van der Waals surface area contributed by atoms with Crippen LogP contribution in [0.15, 0.2) is 52.4 Å². The molecule has 0 saturated carbocycles. The Hall–Kier alpha value is -2.84. The third-order valence-electron chi connectivity index (χ3n) is 6.49. The van der Waals surface area contributed by atoms with Gasteiger partial charge in [0.05, 0.1) is 0 Å². The first kappa shape index (κ1) is 22.4. The van der Waals surface area contributed by atoms with Gasteiger partial charge in [-0.25, -0.2) is 4.99 Å². The highest BCUT2D eigenvalue weighted by Gasteiger charge is 2.26. The summed E-state index contributed by atoms with van der Waals surface area (Å²) in [6.45, 7) is 5.20. The van der Waals surface area contributed by atoms with E-state index in [1.165, 1.54) is 5.69 Å². The molecule has 2 unspecified atom stereocenters. The largest absolute Gasteiger partial charge is 0.396 e. The van der Waals surface area contributed by atoms with Crippen LogP contribution in [0, 0.1) is 11.8 Å². The number of anilines is 3. The van der Waals surface area contributed by atoms with Gasteiger partial charge in [-0.2, -0.15) is 0 Å². The summed E-state index contributed by atoms with van der Waals surface area (Å²) in [5, 5.41) is 16.1. The fourth-order valence-corrected chi connectivity index (χ4v) is 4.40. The van der Waals surface area contributed by atoms with E-state index in [-0.39, 0.29) is 17.8 Å². The maximum Gasteiger partial charge on any atom is 0.273 e. The van der Waals surface area contributed by atoms with Gasteiger partial charge in [0.15, 0.2) is 6.29 Å². The molecule has 0 amide bonds. The standard InChI is InChI=1S/C24H34N6O2/c1-17-15-29(3)24(27-22(17)26-21-5-4-12-28(2)23(21)32)25-19-6-8-20(9-7-19)30-13-10-18(16-31)11-14-30/h4-9,12,17-18,24-25,31H,10-11,13-16H2,1-3H3,(H,26,27). The van der Waals surface area contributed by atoms with Crippen molar-refractivity contribution in [3.8, 4) is 0 Å². The average Bonchev–Trinajstić information content (AvgIpc) is 2.80. The second-order valence-electron chi connectivity index (χ2n) is 9.00. The van der Waals surface area contributed by atoms with E-state index in [1.54, 1.807) is 23.9 Å². The summed E-state index contributed by atoms with van der Waals surface area (Å²) in [5.74, 6) is 1.44. The molecule has 3 N–H and O–H groups in total. The van der Waals surface area contributed by atoms with Crippen molar-refractivity contribution >= 4 is 22.9 Å². The average molecular weight is 439 g/mol. The van der Waals surface area contributed by atoms with Gasteiger partial charge in [0.2, 0.25) is 0 Å². The van der Waals surface area contributed by atoms with Crippen molar-refractivity contribution in [3.63, 3.8) is 0 Å². The molecule has 2 aliphatic rings. The van der Waals surface area contributed by atoms with Crippen LogP contribution in [-0.2, 0) is 7.05 Å². The van der Waals surface area contributed by atoms with E-state index in [9.17, 15) is 9.90 Å². The molecule has 0 radical (unpaired) electrons. The zero-order valence-electron chi connectivity index (χ0n) is 19.2. The maximum atomic E-state index is 12.4. The minimum Gasteiger partial charge on any atom is -0.396 e. The molecule has 0 spiro atoms. The Labute approximate surface area is 189 Å². The summed E-state index contributed by atoms with van der Waals surface area (Å²) in [6.07, 6.45) is 3.61. The highest BCUT2D eigenvalue weighted by molar-refractivity contribution is 5.97. The Balaban J connectivity index is 1.44. The number of nitrogens with zero attached hydrogens (tertiary/aromatic N) is 4. The van der Waals surface area contributed by atoms with Crippen LogP contribution in [0.2, 0.25) is 0 Å². The molecule has 8 nitrogen and oxygen atoms in total. The minimum atomic E-state index is -0.215. The van der Waals surface area contributed by atoms with Gasteiger partial charge < -0.3 is 25.2 Å². The predicted molar refractivity (Wildman–Crippen MR) is 130 cm³/mol. The number of aliphatic imine (C=N–C) groups is 1. The normalized spacial score (nSPS) is 22.5. The molecule has 0 aliphatic carbocycles. The number of pyridine rings is 1. The number of aliphatic hydroxyl groups excluding tert-OH is 1. The second-order valence-corrected chi connectivity index (χ2v) is 9.00. The molecule has 2 atom stereocenters. The van der Waals surface area contributed by atoms with E-state index in [0.717, 1.165) is 44.0 Å². The van der Waals surface area contributed by atoms with E-state index in [2.05, 4.69) is 58.7 Å². The molecule has 0 bridgehead atoms. The van der Waals surface area contributed by atoms with Crippen LogP contribution >= 0.6 is 0 Å². The van der Waals surface area contributed by atoms with Gasteiger partial charge >= 0.3 is 0 Å². The van der Waals surface area contributed by atoms with Gasteiger partial charge in [-0.3, -0.25) is 9.69 Å². The first-order valence-corrected chi connectivity index (χ1v) is 11.4. The van der Waals surface area contributed by atoms with Crippen molar-refractivity contribution in [2.45, 2.75) is 26.1 Å². The highest BCUT2D eigenvalue weighted by atomic mass is 16.3. The van der Waals surface area contributed by atoms with Crippen molar-refractivity contribution in [1.29, 1.82) is 0 Å². The van der Waals surface area contributed by atoms with Crippen LogP contribution in [0.3, 0.4) is 0 Å². The summed E-state index contributed by atoms with van der Waals surface area (Å²) in [7, 11) is 3.80. The lowest BCUT2D eigenvalue weighted by Gasteiger charge is -2.35. The third kappa shape index (κ3) is 4.97. The Kier molecular flexibility index (Phi) is 6.81. The molecule has 2 aliphatic heterocycles. The molecule has 4 rings (SSSR count). The number of aryl methyl sites for hydroxylation is 1. The number of aliphatic hydroxyl groups is 1. The second kappa shape index (κ2) is 9.75. The van der Waals surface area contributed by atoms with Gasteiger partial charge in [-0.15, -0.1) is 0 Å². The third-order valence-corrected chi connectivity index (χ3v) is 6.49. The summed E-state index contributed by atoms with van der Waals surface area (Å²) >= 11 is 0. The predicted octanol–water partition coefficient (Wildman–Crippen LogP) is 2.38. The zero-order chi connectivity index (χ0) is 22.7. The first-order chi connectivity index (χ1) is 15.4. The van der Waals surface area contributed by atoms with E-state index >= 15 is 0 Å². The van der Waals surface area contributed by atoms with E-state index in [0.29, 0.717) is 18.2 Å². The number of hydrogen-bond acceptors (Lipinski definition) is 7. The zero-order valence-corrected chi connectivity index (χ0v) is 19.2. The van der Waals surface area contributed by atoms with E-state index < -0.39 is 0 Å². The summed E-state index contributed by atoms with van der Waals surface area (Å²) in [5.41, 5.74) is 2.69. The fraction of sp³-hybridized carbons (Fsp3) is 0.500. The molecule has 1 saturated heterocycles. The van der Waals surface area contributed by atoms with Crippen LogP contribution in [0.25, 0.3) is 0 Å². The number of benzene rings is 1. The monoisotopic (exact) mass is 438 g/mol. The molecule has 3 heterocycles. The van der Waals surface area contributed by atoms with Crippen LogP contribution in [0.4, 0.5) is 17.1 Å². The lowest BCUT2D eigenvalue weighted by molar-refractivity contribution is 0.203. The number of hydrogen-bond donors (Lipinski definition) is 3. The molecule has 1 fully saturated rings. The molecule has 32 heavy (non-hydrogen) atoms. The van der Waals surface area contributed by atoms with Crippen molar-refractivity contribution in [3.05, 3.63) is 52.9 Å². The van der Waals surface area contributed by atoms with Gasteiger partial charge in [0.25, 0.3) is 5.56 Å². The van der Waals surface area contributed by atoms with Crippen LogP contribution in [0.1, 0.15) is 19.8 Å². The van der Waals surface area contributed by atoms with Crippen LogP contribution in [-0.4, -0.2) is 60.0 Å². The van der Waals surface area contributed by atoms with Gasteiger partial charge in [0.1, 0.15) is 11.5 Å². The molecule has 8 heteroatoms. The van der Waals surface area contributed by atoms with E-state index in [1.807, 2.05) is 6.07 Å². The number of amidine groups is 1. The van der Waals surface area contributed by atoms with Crippen molar-refractivity contribution in [2.24, 2.45) is 23.9 Å². The van der Waals surface area contributed by atoms with Gasteiger partial charge in [0, 0.05) is 56.8 Å². The number of rotatable bonds is 5. The maximum absolute atomic E-state index is 12.4.